The summed E-state index contributed by atoms with van der Waals surface area (Å²) < 4.78 is 45.4. The Morgan fingerprint density at radius 2 is 1.90 bits per heavy atom. The molecule has 3 rings (SSSR count). The maximum Gasteiger partial charge on any atom is 0.416 e. The second-order valence-corrected chi connectivity index (χ2v) is 6.79. The molecule has 1 aromatic carbocycles. The zero-order chi connectivity index (χ0) is 21.0. The predicted octanol–water partition coefficient (Wildman–Crippen LogP) is 2.23. The molecule has 0 spiro atoms. The van der Waals surface area contributed by atoms with Crippen LogP contribution in [0.5, 0.6) is 0 Å². The van der Waals surface area contributed by atoms with Crippen molar-refractivity contribution in [3.63, 3.8) is 0 Å². The van der Waals surface area contributed by atoms with Crippen molar-refractivity contribution in [3.8, 4) is 5.69 Å². The molecule has 0 unspecified atom stereocenters. The number of carbonyl (C=O) groups is 1. The van der Waals surface area contributed by atoms with Gasteiger partial charge in [-0.05, 0) is 37.3 Å². The van der Waals surface area contributed by atoms with E-state index in [4.69, 9.17) is 4.74 Å². The molecule has 0 aliphatic carbocycles. The van der Waals surface area contributed by atoms with Gasteiger partial charge in [0.25, 0.3) is 11.5 Å². The van der Waals surface area contributed by atoms with Crippen LogP contribution in [-0.2, 0) is 10.9 Å². The van der Waals surface area contributed by atoms with E-state index in [1.807, 2.05) is 0 Å². The largest absolute Gasteiger partial charge is 0.416 e. The molecule has 6 nitrogen and oxygen atoms in total. The van der Waals surface area contributed by atoms with E-state index < -0.39 is 23.2 Å². The Hall–Kier alpha value is -2.65. The Bertz CT molecular complexity index is 935. The van der Waals surface area contributed by atoms with Crippen molar-refractivity contribution in [1.29, 1.82) is 0 Å². The first kappa shape index (κ1) is 21.1. The minimum absolute atomic E-state index is 0.0605. The van der Waals surface area contributed by atoms with Crippen LogP contribution in [0.3, 0.4) is 0 Å². The fourth-order valence-electron chi connectivity index (χ4n) is 3.19. The lowest BCUT2D eigenvalue weighted by Crippen LogP contribution is -2.42. The average Bonchev–Trinajstić information content (AvgIpc) is 2.68. The van der Waals surface area contributed by atoms with Crippen molar-refractivity contribution < 1.29 is 22.7 Å². The lowest BCUT2D eigenvalue weighted by atomic mass is 10.1. The molecule has 0 radical (unpaired) electrons. The zero-order valence-corrected chi connectivity index (χ0v) is 16.0. The topological polar surface area (TPSA) is 63.6 Å². The first-order valence-corrected chi connectivity index (χ1v) is 9.26. The number of ether oxygens (including phenoxy) is 1. The van der Waals surface area contributed by atoms with Gasteiger partial charge in [0.1, 0.15) is 5.56 Å². The number of amides is 1. The number of nitrogens with zero attached hydrogens (tertiary/aromatic N) is 2. The number of carbonyl (C=O) groups excluding carboxylic acids is 1. The number of aromatic nitrogens is 1. The summed E-state index contributed by atoms with van der Waals surface area (Å²) in [7, 11) is 0. The molecule has 1 aromatic heterocycles. The van der Waals surface area contributed by atoms with Gasteiger partial charge >= 0.3 is 6.18 Å². The summed E-state index contributed by atoms with van der Waals surface area (Å²) in [6.07, 6.45) is -4.53. The van der Waals surface area contributed by atoms with Gasteiger partial charge in [-0.15, -0.1) is 0 Å². The highest BCUT2D eigenvalue weighted by Crippen LogP contribution is 2.30. The van der Waals surface area contributed by atoms with E-state index in [2.05, 4.69) is 10.2 Å². The molecule has 156 valence electrons. The molecule has 2 heterocycles. The summed E-state index contributed by atoms with van der Waals surface area (Å²) in [5, 5.41) is 2.71. The molecule has 0 atom stereocenters. The van der Waals surface area contributed by atoms with E-state index in [0.717, 1.165) is 29.8 Å². The van der Waals surface area contributed by atoms with Gasteiger partial charge < -0.3 is 10.1 Å². The summed E-state index contributed by atoms with van der Waals surface area (Å²) in [5.74, 6) is -0.552. The average molecular weight is 409 g/mol. The SMILES string of the molecule is Cc1ccc(C(=O)NCCN2CCOCC2)c(=O)n1-c1cccc(C(F)(F)F)c1. The lowest BCUT2D eigenvalue weighted by Gasteiger charge is -2.26. The summed E-state index contributed by atoms with van der Waals surface area (Å²) in [4.78, 5) is 27.5. The Balaban J connectivity index is 1.80. The van der Waals surface area contributed by atoms with E-state index in [1.54, 1.807) is 13.0 Å². The van der Waals surface area contributed by atoms with Gasteiger partial charge in [-0.3, -0.25) is 19.1 Å². The maximum absolute atomic E-state index is 13.0. The van der Waals surface area contributed by atoms with Gasteiger partial charge in [0.2, 0.25) is 0 Å². The molecule has 29 heavy (non-hydrogen) atoms. The van der Waals surface area contributed by atoms with Gasteiger partial charge in [-0.2, -0.15) is 13.2 Å². The first-order valence-electron chi connectivity index (χ1n) is 9.26. The number of morpholine rings is 1. The van der Waals surface area contributed by atoms with E-state index in [9.17, 15) is 22.8 Å². The summed E-state index contributed by atoms with van der Waals surface area (Å²) in [5.41, 5.74) is -1.14. The Labute approximate surface area is 165 Å². The summed E-state index contributed by atoms with van der Waals surface area (Å²) in [6, 6.07) is 7.41. The van der Waals surface area contributed by atoms with Crippen molar-refractivity contribution >= 4 is 5.91 Å². The number of halogens is 3. The lowest BCUT2D eigenvalue weighted by molar-refractivity contribution is -0.137. The van der Waals surface area contributed by atoms with Crippen molar-refractivity contribution in [1.82, 2.24) is 14.8 Å². The van der Waals surface area contributed by atoms with Gasteiger partial charge in [0.15, 0.2) is 0 Å². The molecule has 0 saturated carbocycles. The number of aryl methyl sites for hydroxylation is 1. The van der Waals surface area contributed by atoms with Gasteiger partial charge in [-0.1, -0.05) is 6.07 Å². The number of pyridine rings is 1. The standard InChI is InChI=1S/C20H22F3N3O3/c1-14-5-6-17(18(27)24-7-8-25-9-11-29-12-10-25)19(28)26(14)16-4-2-3-15(13-16)20(21,22)23/h2-6,13H,7-12H2,1H3,(H,24,27). The molecule has 1 fully saturated rings. The van der Waals surface area contributed by atoms with Crippen LogP contribution in [0.15, 0.2) is 41.2 Å². The molecule has 9 heteroatoms. The van der Waals surface area contributed by atoms with E-state index >= 15 is 0 Å². The maximum atomic E-state index is 13.0. The van der Waals surface area contributed by atoms with Gasteiger partial charge in [-0.25, -0.2) is 0 Å². The highest BCUT2D eigenvalue weighted by atomic mass is 19.4. The zero-order valence-electron chi connectivity index (χ0n) is 16.0. The fraction of sp³-hybridized carbons (Fsp3) is 0.400. The third-order valence-corrected chi connectivity index (χ3v) is 4.77. The minimum Gasteiger partial charge on any atom is -0.379 e. The second kappa shape index (κ2) is 8.79. The minimum atomic E-state index is -4.53. The molecule has 1 saturated heterocycles. The number of hydrogen-bond acceptors (Lipinski definition) is 4. The Morgan fingerprint density at radius 3 is 2.59 bits per heavy atom. The van der Waals surface area contributed by atoms with Gasteiger partial charge in [0.05, 0.1) is 18.8 Å². The summed E-state index contributed by atoms with van der Waals surface area (Å²) >= 11 is 0. The van der Waals surface area contributed by atoms with Crippen LogP contribution in [-0.4, -0.2) is 54.8 Å². The number of alkyl halides is 3. The summed E-state index contributed by atoms with van der Waals surface area (Å²) in [6.45, 7) is 5.44. The van der Waals surface area contributed by atoms with Crippen LogP contribution in [0.1, 0.15) is 21.6 Å². The van der Waals surface area contributed by atoms with Crippen molar-refractivity contribution in [2.24, 2.45) is 0 Å². The van der Waals surface area contributed by atoms with E-state index in [-0.39, 0.29) is 11.3 Å². The van der Waals surface area contributed by atoms with Crippen LogP contribution in [0.2, 0.25) is 0 Å². The molecule has 1 aliphatic rings. The quantitative estimate of drug-likeness (QED) is 0.823. The highest BCUT2D eigenvalue weighted by Gasteiger charge is 2.30. The highest BCUT2D eigenvalue weighted by molar-refractivity contribution is 5.93. The fourth-order valence-corrected chi connectivity index (χ4v) is 3.19. The monoisotopic (exact) mass is 409 g/mol. The predicted molar refractivity (Wildman–Crippen MR) is 101 cm³/mol. The molecular formula is C20H22F3N3O3. The van der Waals surface area contributed by atoms with Crippen molar-refractivity contribution in [3.05, 3.63) is 63.6 Å². The van der Waals surface area contributed by atoms with Gasteiger partial charge in [0, 0.05) is 37.6 Å². The Kier molecular flexibility index (Phi) is 6.39. The smallest absolute Gasteiger partial charge is 0.379 e. The first-order chi connectivity index (χ1) is 13.8. The molecule has 2 aromatic rings. The van der Waals surface area contributed by atoms with Crippen LogP contribution >= 0.6 is 0 Å². The molecular weight excluding hydrogens is 387 g/mol. The number of nitrogens with one attached hydrogen (secondary N) is 1. The third kappa shape index (κ3) is 5.04. The van der Waals surface area contributed by atoms with E-state index in [0.29, 0.717) is 32.0 Å². The number of rotatable bonds is 5. The van der Waals surface area contributed by atoms with Crippen LogP contribution < -0.4 is 10.9 Å². The Morgan fingerprint density at radius 1 is 1.17 bits per heavy atom. The molecule has 1 aliphatic heterocycles. The third-order valence-electron chi connectivity index (χ3n) is 4.77. The van der Waals surface area contributed by atoms with Crippen molar-refractivity contribution in [2.45, 2.75) is 13.1 Å². The van der Waals surface area contributed by atoms with Crippen LogP contribution in [0.4, 0.5) is 13.2 Å². The second-order valence-electron chi connectivity index (χ2n) is 6.79. The van der Waals surface area contributed by atoms with E-state index in [1.165, 1.54) is 18.2 Å². The number of benzene rings is 1. The molecule has 1 N–H and O–H groups in total. The normalized spacial score (nSPS) is 15.3. The molecule has 0 bridgehead atoms. The number of hydrogen-bond donors (Lipinski definition) is 1. The van der Waals surface area contributed by atoms with Crippen molar-refractivity contribution in [2.75, 3.05) is 39.4 Å². The molecule has 1 amide bonds. The van der Waals surface area contributed by atoms with Crippen LogP contribution in [0.25, 0.3) is 5.69 Å². The van der Waals surface area contributed by atoms with Crippen LogP contribution in [0, 0.1) is 6.92 Å².